The highest BCUT2D eigenvalue weighted by Crippen LogP contribution is 2.31. The van der Waals surface area contributed by atoms with Crippen LogP contribution in [-0.2, 0) is 17.8 Å². The van der Waals surface area contributed by atoms with E-state index in [9.17, 15) is 5.26 Å². The quantitative estimate of drug-likeness (QED) is 0.283. The molecule has 0 amide bonds. The molecule has 0 bridgehead atoms. The van der Waals surface area contributed by atoms with Gasteiger partial charge >= 0.3 is 0 Å². The van der Waals surface area contributed by atoms with E-state index in [0.29, 0.717) is 47.5 Å². The number of fused-ring (bicyclic) bond motifs is 1. The molecule has 2 aliphatic rings. The van der Waals surface area contributed by atoms with Crippen molar-refractivity contribution >= 4 is 16.9 Å². The van der Waals surface area contributed by atoms with Gasteiger partial charge in [0.05, 0.1) is 44.7 Å². The Bertz CT molecular complexity index is 1590. The largest absolute Gasteiger partial charge is 0.493 e. The summed E-state index contributed by atoms with van der Waals surface area (Å²) in [5.74, 6) is 2.65. The molecule has 222 valence electrons. The fourth-order valence-electron chi connectivity index (χ4n) is 5.88. The number of benzene rings is 2. The molecule has 0 spiro atoms. The Morgan fingerprint density at radius 3 is 2.44 bits per heavy atom. The van der Waals surface area contributed by atoms with Gasteiger partial charge in [-0.2, -0.15) is 5.26 Å². The summed E-state index contributed by atoms with van der Waals surface area (Å²) in [6, 6.07) is 16.5. The standard InChI is InChI=1S/C33H36N6O4/c1-40-30-18-23(3-7-29(30)43-22-24-4-8-32(41-2)36-20-24)17-25-5-6-28-33(27(25)19-34)37-31(21-35-28)39-11-9-26(10-12-39)38-13-15-42-16-14-38/h3-8,18,20-21,26H,9-17,22H2,1-2H3. The van der Waals surface area contributed by atoms with Crippen molar-refractivity contribution in [2.24, 2.45) is 0 Å². The van der Waals surface area contributed by atoms with E-state index < -0.39 is 0 Å². The van der Waals surface area contributed by atoms with Crippen LogP contribution in [0.2, 0.25) is 0 Å². The molecule has 4 heterocycles. The Hall–Kier alpha value is -4.46. The van der Waals surface area contributed by atoms with Crippen LogP contribution in [0.4, 0.5) is 5.82 Å². The van der Waals surface area contributed by atoms with Crippen molar-refractivity contribution < 1.29 is 18.9 Å². The van der Waals surface area contributed by atoms with Crippen molar-refractivity contribution in [1.82, 2.24) is 19.9 Å². The van der Waals surface area contributed by atoms with Crippen LogP contribution in [-0.4, -0.2) is 79.5 Å². The van der Waals surface area contributed by atoms with Crippen molar-refractivity contribution in [2.45, 2.75) is 31.9 Å². The number of rotatable bonds is 9. The van der Waals surface area contributed by atoms with Crippen LogP contribution in [0.25, 0.3) is 11.0 Å². The topological polar surface area (TPSA) is 106 Å². The van der Waals surface area contributed by atoms with E-state index in [-0.39, 0.29) is 0 Å². The number of nitriles is 1. The van der Waals surface area contributed by atoms with Gasteiger partial charge < -0.3 is 23.8 Å². The molecule has 6 rings (SSSR count). The molecule has 4 aromatic rings. The maximum Gasteiger partial charge on any atom is 0.212 e. The molecule has 2 aromatic carbocycles. The minimum absolute atomic E-state index is 0.349. The number of ether oxygens (including phenoxy) is 4. The lowest BCUT2D eigenvalue weighted by molar-refractivity contribution is 0.0115. The first-order valence-corrected chi connectivity index (χ1v) is 14.7. The van der Waals surface area contributed by atoms with Gasteiger partial charge in [0, 0.05) is 50.0 Å². The summed E-state index contributed by atoms with van der Waals surface area (Å²) in [5, 5.41) is 10.2. The second kappa shape index (κ2) is 13.2. The maximum atomic E-state index is 10.2. The van der Waals surface area contributed by atoms with Gasteiger partial charge in [-0.15, -0.1) is 0 Å². The van der Waals surface area contributed by atoms with Gasteiger partial charge in [0.25, 0.3) is 0 Å². The van der Waals surface area contributed by atoms with Crippen molar-refractivity contribution in [2.75, 3.05) is 58.5 Å². The number of hydrogen-bond donors (Lipinski definition) is 0. The van der Waals surface area contributed by atoms with E-state index in [1.165, 1.54) is 0 Å². The van der Waals surface area contributed by atoms with Crippen molar-refractivity contribution in [3.8, 4) is 23.4 Å². The first-order chi connectivity index (χ1) is 21.1. The summed E-state index contributed by atoms with van der Waals surface area (Å²) in [4.78, 5) is 18.7. The molecule has 43 heavy (non-hydrogen) atoms. The van der Waals surface area contributed by atoms with Crippen LogP contribution in [0.5, 0.6) is 17.4 Å². The number of pyridine rings is 1. The average Bonchev–Trinajstić information content (AvgIpc) is 3.08. The molecule has 0 atom stereocenters. The number of hydrogen-bond acceptors (Lipinski definition) is 10. The molecule has 10 heteroatoms. The monoisotopic (exact) mass is 580 g/mol. The summed E-state index contributed by atoms with van der Waals surface area (Å²) < 4.78 is 22.3. The molecule has 0 N–H and O–H groups in total. The minimum atomic E-state index is 0.349. The van der Waals surface area contributed by atoms with Gasteiger partial charge in [-0.3, -0.25) is 9.88 Å². The Kier molecular flexibility index (Phi) is 8.82. The van der Waals surface area contributed by atoms with Crippen LogP contribution >= 0.6 is 0 Å². The summed E-state index contributed by atoms with van der Waals surface area (Å²) >= 11 is 0. The fraction of sp³-hybridized carbons (Fsp3) is 0.394. The van der Waals surface area contributed by atoms with E-state index in [1.54, 1.807) is 26.5 Å². The second-order valence-electron chi connectivity index (χ2n) is 10.8. The molecule has 10 nitrogen and oxygen atoms in total. The SMILES string of the molecule is COc1ccc(COc2ccc(Cc3ccc4ncc(N5CCC(N6CCOCC6)CC5)nc4c3C#N)cc2OC)cn1. The molecule has 0 saturated carbocycles. The van der Waals surface area contributed by atoms with Crippen LogP contribution in [0.3, 0.4) is 0 Å². The fourth-order valence-corrected chi connectivity index (χ4v) is 5.88. The van der Waals surface area contributed by atoms with Gasteiger partial charge in [0.15, 0.2) is 11.5 Å². The zero-order valence-corrected chi connectivity index (χ0v) is 24.7. The molecular weight excluding hydrogens is 544 g/mol. The maximum absolute atomic E-state index is 10.2. The normalized spacial score (nSPS) is 16.2. The Balaban J connectivity index is 1.17. The second-order valence-corrected chi connectivity index (χ2v) is 10.8. The van der Waals surface area contributed by atoms with Gasteiger partial charge in [0.1, 0.15) is 24.0 Å². The molecule has 0 aliphatic carbocycles. The Morgan fingerprint density at radius 2 is 1.72 bits per heavy atom. The first-order valence-electron chi connectivity index (χ1n) is 14.7. The third-order valence-electron chi connectivity index (χ3n) is 8.27. The molecule has 2 aromatic heterocycles. The summed E-state index contributed by atoms with van der Waals surface area (Å²) in [6.45, 7) is 5.86. The van der Waals surface area contributed by atoms with Gasteiger partial charge in [-0.05, 0) is 54.7 Å². The van der Waals surface area contributed by atoms with E-state index in [1.807, 2.05) is 42.6 Å². The first kappa shape index (κ1) is 28.6. The lowest BCUT2D eigenvalue weighted by atomic mass is 9.98. The number of anilines is 1. The number of morpholine rings is 1. The van der Waals surface area contributed by atoms with E-state index >= 15 is 0 Å². The van der Waals surface area contributed by atoms with Gasteiger partial charge in [-0.1, -0.05) is 12.1 Å². The van der Waals surface area contributed by atoms with E-state index in [2.05, 4.69) is 25.8 Å². The Labute approximate surface area is 251 Å². The third-order valence-corrected chi connectivity index (χ3v) is 8.27. The van der Waals surface area contributed by atoms with Gasteiger partial charge in [-0.25, -0.2) is 9.97 Å². The highest BCUT2D eigenvalue weighted by Gasteiger charge is 2.27. The smallest absolute Gasteiger partial charge is 0.212 e. The van der Waals surface area contributed by atoms with Crippen molar-refractivity contribution in [3.63, 3.8) is 0 Å². The molecule has 0 radical (unpaired) electrons. The van der Waals surface area contributed by atoms with Crippen LogP contribution in [0.1, 0.15) is 35.1 Å². The van der Waals surface area contributed by atoms with Crippen molar-refractivity contribution in [1.29, 1.82) is 5.26 Å². The molecule has 2 aliphatic heterocycles. The predicted octanol–water partition coefficient (Wildman–Crippen LogP) is 4.38. The number of methoxy groups -OCH3 is 2. The highest BCUT2D eigenvalue weighted by molar-refractivity contribution is 5.83. The zero-order chi connectivity index (χ0) is 29.6. The van der Waals surface area contributed by atoms with Crippen LogP contribution in [0.15, 0.2) is 54.9 Å². The van der Waals surface area contributed by atoms with E-state index in [0.717, 1.165) is 80.3 Å². The lowest BCUT2D eigenvalue weighted by Gasteiger charge is -2.40. The summed E-state index contributed by atoms with van der Waals surface area (Å²) in [7, 11) is 3.21. The lowest BCUT2D eigenvalue weighted by Crippen LogP contribution is -2.49. The highest BCUT2D eigenvalue weighted by atomic mass is 16.5. The van der Waals surface area contributed by atoms with Crippen LogP contribution in [0, 0.1) is 11.3 Å². The molecule has 0 unspecified atom stereocenters. The van der Waals surface area contributed by atoms with Gasteiger partial charge in [0.2, 0.25) is 5.88 Å². The van der Waals surface area contributed by atoms with Crippen LogP contribution < -0.4 is 19.1 Å². The molecule has 2 saturated heterocycles. The van der Waals surface area contributed by atoms with E-state index in [4.69, 9.17) is 23.9 Å². The third kappa shape index (κ3) is 6.48. The summed E-state index contributed by atoms with van der Waals surface area (Å²) in [5.41, 5.74) is 4.74. The Morgan fingerprint density at radius 1 is 0.907 bits per heavy atom. The molecule has 2 fully saturated rings. The summed E-state index contributed by atoms with van der Waals surface area (Å²) in [6.07, 6.45) is 6.29. The number of nitrogens with zero attached hydrogens (tertiary/aromatic N) is 6. The average molecular weight is 581 g/mol. The minimum Gasteiger partial charge on any atom is -0.493 e. The number of piperidine rings is 1. The zero-order valence-electron chi connectivity index (χ0n) is 24.7. The van der Waals surface area contributed by atoms with Crippen molar-refractivity contribution in [3.05, 3.63) is 77.1 Å². The predicted molar refractivity (Wildman–Crippen MR) is 163 cm³/mol. The number of aromatic nitrogens is 3. The molecular formula is C33H36N6O4.